The fourth-order valence-corrected chi connectivity index (χ4v) is 7.50. The third-order valence-electron chi connectivity index (χ3n) is 7.44. The van der Waals surface area contributed by atoms with Crippen molar-refractivity contribution in [2.24, 2.45) is 0 Å². The molecule has 1 heterocycles. The second-order valence-corrected chi connectivity index (χ2v) is 11.3. The van der Waals surface area contributed by atoms with Gasteiger partial charge in [0.05, 0.1) is 29.1 Å². The number of carbonyl (C=O) groups excluding carboxylic acids is 1. The second kappa shape index (κ2) is 11.2. The maximum atomic E-state index is 13.9. The predicted octanol–water partition coefficient (Wildman–Crippen LogP) is 5.24. The lowest BCUT2D eigenvalue weighted by molar-refractivity contribution is -0.146. The molecule has 1 unspecified atom stereocenters. The highest BCUT2D eigenvalue weighted by Crippen LogP contribution is 2.52. The van der Waals surface area contributed by atoms with Gasteiger partial charge in [0.15, 0.2) is 0 Å². The molecule has 1 saturated heterocycles. The van der Waals surface area contributed by atoms with Gasteiger partial charge in [-0.1, -0.05) is 92.2 Å². The van der Waals surface area contributed by atoms with Gasteiger partial charge in [-0.15, -0.1) is 0 Å². The minimum atomic E-state index is -3.84. The number of rotatable bonds is 11. The molecule has 0 radical (unpaired) electrons. The smallest absolute Gasteiger partial charge is 0.324 e. The SMILES string of the molecule is CCOC(=O)[C@H](NC(c1ccccc1)c1ccccc1)[C@@H]1N(S(=O)(=O)c2ccc(C)cc2)C1(CC)CC. The lowest BCUT2D eigenvalue weighted by atomic mass is 9.92. The molecule has 0 bridgehead atoms. The van der Waals surface area contributed by atoms with E-state index < -0.39 is 33.6 Å². The quantitative estimate of drug-likeness (QED) is 0.277. The third-order valence-corrected chi connectivity index (χ3v) is 9.42. The lowest BCUT2D eigenvalue weighted by Crippen LogP contribution is -2.47. The summed E-state index contributed by atoms with van der Waals surface area (Å²) in [7, 11) is -3.84. The number of aryl methyl sites for hydroxylation is 1. The zero-order valence-electron chi connectivity index (χ0n) is 21.9. The highest BCUT2D eigenvalue weighted by Gasteiger charge is 2.70. The zero-order valence-corrected chi connectivity index (χ0v) is 22.7. The number of carbonyl (C=O) groups is 1. The van der Waals surface area contributed by atoms with Crippen LogP contribution in [0.2, 0.25) is 0 Å². The number of hydrogen-bond acceptors (Lipinski definition) is 5. The molecule has 1 aliphatic heterocycles. The summed E-state index contributed by atoms with van der Waals surface area (Å²) in [6.45, 7) is 7.86. The van der Waals surface area contributed by atoms with Gasteiger partial charge in [-0.05, 0) is 49.9 Å². The van der Waals surface area contributed by atoms with Crippen LogP contribution >= 0.6 is 0 Å². The Morgan fingerprint density at radius 2 is 1.41 bits per heavy atom. The van der Waals surface area contributed by atoms with Crippen molar-refractivity contribution in [3.63, 3.8) is 0 Å². The van der Waals surface area contributed by atoms with Crippen LogP contribution in [-0.4, -0.2) is 42.9 Å². The van der Waals surface area contributed by atoms with E-state index in [1.54, 1.807) is 31.2 Å². The van der Waals surface area contributed by atoms with Crippen LogP contribution in [0, 0.1) is 6.92 Å². The monoisotopic (exact) mass is 520 g/mol. The highest BCUT2D eigenvalue weighted by molar-refractivity contribution is 7.89. The fraction of sp³-hybridized carbons (Fsp3) is 0.367. The minimum Gasteiger partial charge on any atom is -0.465 e. The van der Waals surface area contributed by atoms with E-state index in [9.17, 15) is 13.2 Å². The summed E-state index contributed by atoms with van der Waals surface area (Å²) in [6.07, 6.45) is 1.16. The fourth-order valence-electron chi connectivity index (χ4n) is 5.38. The second-order valence-electron chi connectivity index (χ2n) is 9.52. The molecule has 0 aliphatic carbocycles. The van der Waals surface area contributed by atoms with Crippen molar-refractivity contribution in [1.29, 1.82) is 0 Å². The Hall–Kier alpha value is -3.00. The summed E-state index contributed by atoms with van der Waals surface area (Å²) in [5.74, 6) is -0.447. The molecule has 0 aromatic heterocycles. The van der Waals surface area contributed by atoms with Gasteiger partial charge in [0.1, 0.15) is 6.04 Å². The van der Waals surface area contributed by atoms with Gasteiger partial charge in [0, 0.05) is 0 Å². The first-order valence-electron chi connectivity index (χ1n) is 12.9. The van der Waals surface area contributed by atoms with E-state index in [1.165, 1.54) is 4.31 Å². The van der Waals surface area contributed by atoms with Crippen LogP contribution in [0.3, 0.4) is 0 Å². The maximum absolute atomic E-state index is 13.9. The van der Waals surface area contributed by atoms with E-state index >= 15 is 0 Å². The Bertz CT molecular complexity index is 1250. The number of nitrogens with one attached hydrogen (secondary N) is 1. The van der Waals surface area contributed by atoms with E-state index in [2.05, 4.69) is 5.32 Å². The molecule has 0 spiro atoms. The summed E-state index contributed by atoms with van der Waals surface area (Å²) in [6, 6.07) is 24.9. The van der Waals surface area contributed by atoms with Gasteiger partial charge in [0.25, 0.3) is 0 Å². The van der Waals surface area contributed by atoms with Crippen LogP contribution in [0.25, 0.3) is 0 Å². The Morgan fingerprint density at radius 1 is 0.892 bits per heavy atom. The van der Waals surface area contributed by atoms with Crippen LogP contribution in [0.15, 0.2) is 89.8 Å². The van der Waals surface area contributed by atoms with E-state index in [4.69, 9.17) is 4.74 Å². The number of benzene rings is 3. The number of nitrogens with zero attached hydrogens (tertiary/aromatic N) is 1. The molecule has 196 valence electrons. The number of sulfonamides is 1. The van der Waals surface area contributed by atoms with Gasteiger partial charge in [-0.25, -0.2) is 8.42 Å². The molecule has 37 heavy (non-hydrogen) atoms. The van der Waals surface area contributed by atoms with Crippen molar-refractivity contribution in [1.82, 2.24) is 9.62 Å². The van der Waals surface area contributed by atoms with Crippen LogP contribution in [0.5, 0.6) is 0 Å². The van der Waals surface area contributed by atoms with E-state index in [0.29, 0.717) is 12.8 Å². The molecular formula is C30H36N2O4S. The summed E-state index contributed by atoms with van der Waals surface area (Å²) >= 11 is 0. The van der Waals surface area contributed by atoms with Gasteiger partial charge < -0.3 is 4.74 Å². The lowest BCUT2D eigenvalue weighted by Gasteiger charge is -2.26. The molecule has 4 rings (SSSR count). The normalized spacial score (nSPS) is 19.4. The molecule has 7 heteroatoms. The van der Waals surface area contributed by atoms with Crippen molar-refractivity contribution in [3.05, 3.63) is 102 Å². The first kappa shape index (κ1) is 27.0. The Balaban J connectivity index is 1.78. The van der Waals surface area contributed by atoms with Gasteiger partial charge in [-0.3, -0.25) is 10.1 Å². The molecule has 3 aromatic carbocycles. The standard InChI is InChI=1S/C30H36N2O4S/c1-5-30(6-2)28(32(30)37(34,35)25-20-18-22(4)19-21-25)27(29(33)36-7-3)31-26(23-14-10-8-11-15-23)24-16-12-9-13-17-24/h8-21,26-28,31H,5-7H2,1-4H3/t27-,28+,32?/m1/s1. The molecular weight excluding hydrogens is 484 g/mol. The summed E-state index contributed by atoms with van der Waals surface area (Å²) in [5.41, 5.74) is 2.26. The average molecular weight is 521 g/mol. The van der Waals surface area contributed by atoms with Crippen LogP contribution in [0.4, 0.5) is 0 Å². The predicted molar refractivity (Wildman–Crippen MR) is 146 cm³/mol. The van der Waals surface area contributed by atoms with Crippen molar-refractivity contribution < 1.29 is 17.9 Å². The molecule has 1 fully saturated rings. The number of esters is 1. The molecule has 1 N–H and O–H groups in total. The van der Waals surface area contributed by atoms with E-state index in [1.807, 2.05) is 81.4 Å². The van der Waals surface area contributed by atoms with Crippen molar-refractivity contribution >= 4 is 16.0 Å². The van der Waals surface area contributed by atoms with Gasteiger partial charge in [-0.2, -0.15) is 4.31 Å². The van der Waals surface area contributed by atoms with E-state index in [0.717, 1.165) is 16.7 Å². The van der Waals surface area contributed by atoms with Crippen LogP contribution in [-0.2, 0) is 19.6 Å². The third kappa shape index (κ3) is 5.21. The van der Waals surface area contributed by atoms with Gasteiger partial charge >= 0.3 is 5.97 Å². The van der Waals surface area contributed by atoms with Crippen molar-refractivity contribution in [2.75, 3.05) is 6.61 Å². The molecule has 1 aliphatic rings. The molecule has 3 aromatic rings. The molecule has 0 saturated carbocycles. The largest absolute Gasteiger partial charge is 0.465 e. The summed E-state index contributed by atoms with van der Waals surface area (Å²) in [4.78, 5) is 13.7. The van der Waals surface area contributed by atoms with E-state index in [-0.39, 0.29) is 17.5 Å². The summed E-state index contributed by atoms with van der Waals surface area (Å²) in [5, 5.41) is 3.54. The number of hydrogen-bond donors (Lipinski definition) is 1. The van der Waals surface area contributed by atoms with Crippen LogP contribution < -0.4 is 5.32 Å². The topological polar surface area (TPSA) is 75.5 Å². The minimum absolute atomic E-state index is 0.209. The van der Waals surface area contributed by atoms with Crippen molar-refractivity contribution in [2.45, 2.75) is 69.1 Å². The highest BCUT2D eigenvalue weighted by atomic mass is 32.2. The first-order chi connectivity index (χ1) is 17.8. The number of ether oxygens (including phenoxy) is 1. The first-order valence-corrected chi connectivity index (χ1v) is 14.4. The van der Waals surface area contributed by atoms with Crippen LogP contribution in [0.1, 0.15) is 56.3 Å². The Kier molecular flexibility index (Phi) is 8.17. The van der Waals surface area contributed by atoms with Crippen molar-refractivity contribution in [3.8, 4) is 0 Å². The average Bonchev–Trinajstić information content (AvgIpc) is 3.60. The van der Waals surface area contributed by atoms with Gasteiger partial charge in [0.2, 0.25) is 10.0 Å². The Labute approximate surface area is 220 Å². The molecule has 0 amide bonds. The Morgan fingerprint density at radius 3 is 1.86 bits per heavy atom. The molecule has 6 nitrogen and oxygen atoms in total. The molecule has 3 atom stereocenters. The zero-order chi connectivity index (χ0) is 26.6. The maximum Gasteiger partial charge on any atom is 0.324 e. The summed E-state index contributed by atoms with van der Waals surface area (Å²) < 4.78 is 34.9.